The molecule has 2 aromatic rings. The van der Waals surface area contributed by atoms with Crippen LogP contribution in [0.5, 0.6) is 0 Å². The fraction of sp³-hybridized carbons (Fsp3) is 0.500. The van der Waals surface area contributed by atoms with Crippen LogP contribution < -0.4 is 0 Å². The molecule has 0 aliphatic carbocycles. The number of piperidine rings is 1. The minimum absolute atomic E-state index is 0.0498. The summed E-state index contributed by atoms with van der Waals surface area (Å²) in [6.45, 7) is 4.51. The second-order valence-corrected chi connectivity index (χ2v) is 8.47. The quantitative estimate of drug-likeness (QED) is 0.669. The molecule has 8 heteroatoms. The van der Waals surface area contributed by atoms with Gasteiger partial charge in [0.25, 0.3) is 0 Å². The number of hydrogen-bond acceptors (Lipinski definition) is 3. The predicted molar refractivity (Wildman–Crippen MR) is 104 cm³/mol. The van der Waals surface area contributed by atoms with Gasteiger partial charge >= 0.3 is 6.18 Å². The zero-order valence-electron chi connectivity index (χ0n) is 15.9. The Morgan fingerprint density at radius 2 is 1.82 bits per heavy atom. The lowest BCUT2D eigenvalue weighted by molar-refractivity contribution is -0.141. The molecule has 28 heavy (non-hydrogen) atoms. The predicted octanol–water partition coefficient (Wildman–Crippen LogP) is 4.71. The number of halogens is 3. The molecule has 1 fully saturated rings. The second kappa shape index (κ2) is 8.59. The average Bonchev–Trinajstić information content (AvgIpc) is 3.00. The summed E-state index contributed by atoms with van der Waals surface area (Å²) in [4.78, 5) is 18.6. The Morgan fingerprint density at radius 3 is 2.43 bits per heavy atom. The Balaban J connectivity index is 1.76. The fourth-order valence-corrected chi connectivity index (χ4v) is 4.61. The molecule has 1 amide bonds. The van der Waals surface area contributed by atoms with Crippen molar-refractivity contribution in [2.75, 3.05) is 18.8 Å². The van der Waals surface area contributed by atoms with E-state index in [-0.39, 0.29) is 16.8 Å². The molecule has 2 heterocycles. The molecule has 3 rings (SSSR count). The first-order valence-electron chi connectivity index (χ1n) is 9.31. The molecule has 1 aromatic carbocycles. The molecule has 2 unspecified atom stereocenters. The van der Waals surface area contributed by atoms with Crippen LogP contribution in [0.1, 0.15) is 20.3 Å². The number of carbonyl (C=O) groups excluding carboxylic acids is 1. The van der Waals surface area contributed by atoms with Crippen LogP contribution in [0.15, 0.2) is 41.7 Å². The van der Waals surface area contributed by atoms with Gasteiger partial charge in [-0.3, -0.25) is 4.79 Å². The van der Waals surface area contributed by atoms with E-state index in [0.29, 0.717) is 36.2 Å². The van der Waals surface area contributed by atoms with Crippen LogP contribution in [0.2, 0.25) is 0 Å². The number of imidazole rings is 1. The highest BCUT2D eigenvalue weighted by Gasteiger charge is 2.31. The van der Waals surface area contributed by atoms with Crippen LogP contribution in [-0.4, -0.2) is 45.4 Å². The number of nitrogens with zero attached hydrogens (tertiary/aromatic N) is 3. The smallest absolute Gasteiger partial charge is 0.341 e. The molecule has 4 nitrogen and oxygen atoms in total. The van der Waals surface area contributed by atoms with Gasteiger partial charge in [0.15, 0.2) is 5.16 Å². The molecule has 2 atom stereocenters. The van der Waals surface area contributed by atoms with Gasteiger partial charge in [0, 0.05) is 13.1 Å². The minimum Gasteiger partial charge on any atom is -0.341 e. The Labute approximate surface area is 167 Å². The van der Waals surface area contributed by atoms with E-state index in [1.54, 1.807) is 24.3 Å². The van der Waals surface area contributed by atoms with Gasteiger partial charge in [0.1, 0.15) is 6.54 Å². The van der Waals surface area contributed by atoms with Crippen LogP contribution in [-0.2, 0) is 11.3 Å². The first-order valence-corrected chi connectivity index (χ1v) is 10.3. The number of amides is 1. The van der Waals surface area contributed by atoms with Crippen LogP contribution in [0.25, 0.3) is 11.3 Å². The molecule has 1 aliphatic heterocycles. The molecule has 0 spiro atoms. The number of aromatic nitrogens is 2. The van der Waals surface area contributed by atoms with Crippen molar-refractivity contribution in [2.24, 2.45) is 11.8 Å². The van der Waals surface area contributed by atoms with Crippen molar-refractivity contribution in [3.8, 4) is 11.3 Å². The number of rotatable bonds is 5. The van der Waals surface area contributed by atoms with Crippen molar-refractivity contribution >= 4 is 17.7 Å². The summed E-state index contributed by atoms with van der Waals surface area (Å²) in [5.74, 6) is 0.915. The van der Waals surface area contributed by atoms with E-state index >= 15 is 0 Å². The summed E-state index contributed by atoms with van der Waals surface area (Å²) in [5, 5.41) is 0.211. The molecule has 0 N–H and O–H groups in total. The maximum atomic E-state index is 13.1. The van der Waals surface area contributed by atoms with E-state index in [1.165, 1.54) is 6.20 Å². The van der Waals surface area contributed by atoms with Gasteiger partial charge in [-0.1, -0.05) is 55.9 Å². The summed E-state index contributed by atoms with van der Waals surface area (Å²) in [6.07, 6.45) is -1.84. The van der Waals surface area contributed by atoms with Gasteiger partial charge in [0.05, 0.1) is 17.6 Å². The van der Waals surface area contributed by atoms with Crippen LogP contribution >= 0.6 is 11.8 Å². The van der Waals surface area contributed by atoms with Crippen LogP contribution in [0.4, 0.5) is 13.2 Å². The van der Waals surface area contributed by atoms with Crippen molar-refractivity contribution in [3.63, 3.8) is 0 Å². The Hall–Kier alpha value is -1.96. The normalized spacial score (nSPS) is 20.4. The van der Waals surface area contributed by atoms with Gasteiger partial charge < -0.3 is 9.47 Å². The maximum absolute atomic E-state index is 13.1. The summed E-state index contributed by atoms with van der Waals surface area (Å²) in [7, 11) is 0. The lowest BCUT2D eigenvalue weighted by Gasteiger charge is -2.35. The molecule has 1 aromatic heterocycles. The molecular formula is C20H24F3N3OS. The number of alkyl halides is 3. The summed E-state index contributed by atoms with van der Waals surface area (Å²) >= 11 is 1.07. The van der Waals surface area contributed by atoms with Crippen molar-refractivity contribution in [3.05, 3.63) is 36.5 Å². The van der Waals surface area contributed by atoms with E-state index in [2.05, 4.69) is 18.8 Å². The Kier molecular flexibility index (Phi) is 6.37. The number of benzene rings is 1. The van der Waals surface area contributed by atoms with E-state index in [9.17, 15) is 18.0 Å². The molecule has 152 valence electrons. The third kappa shape index (κ3) is 5.31. The zero-order chi connectivity index (χ0) is 20.3. The van der Waals surface area contributed by atoms with Gasteiger partial charge in [-0.2, -0.15) is 13.2 Å². The highest BCUT2D eigenvalue weighted by molar-refractivity contribution is 7.99. The van der Waals surface area contributed by atoms with Crippen molar-refractivity contribution in [2.45, 2.75) is 38.1 Å². The Bertz CT molecular complexity index is 797. The minimum atomic E-state index is -4.37. The molecule has 0 radical (unpaired) electrons. The molecule has 0 saturated carbocycles. The van der Waals surface area contributed by atoms with Crippen LogP contribution in [0, 0.1) is 11.8 Å². The van der Waals surface area contributed by atoms with E-state index in [1.807, 2.05) is 11.0 Å². The molecule has 1 aliphatic rings. The van der Waals surface area contributed by atoms with Crippen molar-refractivity contribution < 1.29 is 18.0 Å². The third-order valence-corrected chi connectivity index (χ3v) is 5.75. The first-order chi connectivity index (χ1) is 13.2. The standard InChI is InChI=1S/C20H24F3N3OS/c1-14-8-15(2)11-25(10-14)18(27)12-28-19-24-9-17(16-6-4-3-5-7-16)26(19)13-20(21,22)23/h3-7,9,14-15H,8,10-13H2,1-2H3. The highest BCUT2D eigenvalue weighted by Crippen LogP contribution is 2.30. The lowest BCUT2D eigenvalue weighted by atomic mass is 9.92. The zero-order valence-corrected chi connectivity index (χ0v) is 16.8. The SMILES string of the molecule is CC1CC(C)CN(C(=O)CSc2ncc(-c3ccccc3)n2CC(F)(F)F)C1. The van der Waals surface area contributed by atoms with E-state index in [4.69, 9.17) is 0 Å². The van der Waals surface area contributed by atoms with Crippen LogP contribution in [0.3, 0.4) is 0 Å². The number of hydrogen-bond donors (Lipinski definition) is 0. The topological polar surface area (TPSA) is 38.1 Å². The highest BCUT2D eigenvalue weighted by atomic mass is 32.2. The van der Waals surface area contributed by atoms with Crippen molar-refractivity contribution in [1.29, 1.82) is 0 Å². The van der Waals surface area contributed by atoms with Gasteiger partial charge in [-0.15, -0.1) is 0 Å². The third-order valence-electron chi connectivity index (χ3n) is 4.77. The fourth-order valence-electron chi connectivity index (χ4n) is 3.73. The largest absolute Gasteiger partial charge is 0.406 e. The molecule has 0 bridgehead atoms. The molecular weight excluding hydrogens is 387 g/mol. The summed E-state index contributed by atoms with van der Waals surface area (Å²) < 4.78 is 40.6. The number of carbonyl (C=O) groups is 1. The number of thioether (sulfide) groups is 1. The monoisotopic (exact) mass is 411 g/mol. The van der Waals surface area contributed by atoms with Gasteiger partial charge in [-0.05, 0) is 23.8 Å². The maximum Gasteiger partial charge on any atom is 0.406 e. The van der Waals surface area contributed by atoms with Gasteiger partial charge in [0.2, 0.25) is 5.91 Å². The van der Waals surface area contributed by atoms with Crippen molar-refractivity contribution in [1.82, 2.24) is 14.5 Å². The second-order valence-electron chi connectivity index (χ2n) is 7.53. The van der Waals surface area contributed by atoms with E-state index < -0.39 is 12.7 Å². The lowest BCUT2D eigenvalue weighted by Crippen LogP contribution is -2.43. The first kappa shape index (κ1) is 20.8. The average molecular weight is 411 g/mol. The Morgan fingerprint density at radius 1 is 1.18 bits per heavy atom. The summed E-state index contributed by atoms with van der Waals surface area (Å²) in [5.41, 5.74) is 1.06. The van der Waals surface area contributed by atoms with E-state index in [0.717, 1.165) is 22.7 Å². The summed E-state index contributed by atoms with van der Waals surface area (Å²) in [6, 6.07) is 8.85. The number of likely N-dealkylation sites (tertiary alicyclic amines) is 1. The molecule has 1 saturated heterocycles. The van der Waals surface area contributed by atoms with Gasteiger partial charge in [-0.25, -0.2) is 4.98 Å².